The summed E-state index contributed by atoms with van der Waals surface area (Å²) in [6, 6.07) is 9.02. The number of anilines is 1. The van der Waals surface area contributed by atoms with Crippen molar-refractivity contribution in [1.29, 1.82) is 0 Å². The van der Waals surface area contributed by atoms with Crippen molar-refractivity contribution in [3.63, 3.8) is 0 Å². The molecule has 1 aliphatic carbocycles. The summed E-state index contributed by atoms with van der Waals surface area (Å²) in [5.41, 5.74) is 0.914. The van der Waals surface area contributed by atoms with Gasteiger partial charge in [0.2, 0.25) is 5.91 Å². The average Bonchev–Trinajstić information content (AvgIpc) is 3.13. The lowest BCUT2D eigenvalue weighted by molar-refractivity contribution is -0.132. The highest BCUT2D eigenvalue weighted by atomic mass is 35.5. The Morgan fingerprint density at radius 1 is 1.21 bits per heavy atom. The van der Waals surface area contributed by atoms with Gasteiger partial charge in [0.15, 0.2) is 0 Å². The first kappa shape index (κ1) is 20.2. The van der Waals surface area contributed by atoms with Gasteiger partial charge in [-0.3, -0.25) is 4.79 Å². The number of rotatable bonds is 6. The summed E-state index contributed by atoms with van der Waals surface area (Å²) in [4.78, 5) is 23.2. The van der Waals surface area contributed by atoms with Crippen LogP contribution < -0.4 is 10.1 Å². The van der Waals surface area contributed by atoms with Crippen LogP contribution in [0.3, 0.4) is 0 Å². The minimum Gasteiger partial charge on any atom is -0.487 e. The summed E-state index contributed by atoms with van der Waals surface area (Å²) in [5.74, 6) is -1.97. The highest BCUT2D eigenvalue weighted by Gasteiger charge is 2.25. The number of amides is 1. The highest BCUT2D eigenvalue weighted by Crippen LogP contribution is 2.31. The Balaban J connectivity index is 1.64. The maximum Gasteiger partial charge on any atom is 0.331 e. The van der Waals surface area contributed by atoms with Crippen LogP contribution in [0.25, 0.3) is 0 Å². The summed E-state index contributed by atoms with van der Waals surface area (Å²) in [6.07, 6.45) is 2.28. The van der Waals surface area contributed by atoms with Crippen molar-refractivity contribution in [2.45, 2.75) is 19.4 Å². The van der Waals surface area contributed by atoms with E-state index in [0.717, 1.165) is 0 Å². The van der Waals surface area contributed by atoms with Gasteiger partial charge in [-0.15, -0.1) is 0 Å². The second-order valence-corrected chi connectivity index (χ2v) is 7.08. The van der Waals surface area contributed by atoms with Crippen LogP contribution in [0, 0.1) is 11.7 Å². The third kappa shape index (κ3) is 4.64. The fraction of sp³-hybridized carbons (Fsp3) is 0.200. The van der Waals surface area contributed by atoms with Gasteiger partial charge in [0, 0.05) is 16.8 Å². The van der Waals surface area contributed by atoms with E-state index in [9.17, 15) is 14.0 Å². The van der Waals surface area contributed by atoms with Gasteiger partial charge < -0.3 is 15.2 Å². The number of carbonyl (C=O) groups excluding carboxylic acids is 1. The predicted octanol–water partition coefficient (Wildman–Crippen LogP) is 5.07. The predicted molar refractivity (Wildman–Crippen MR) is 104 cm³/mol. The number of carboxylic acids is 1. The largest absolute Gasteiger partial charge is 0.487 e. The SMILES string of the molecule is O=C(O)C1=CC(C(=O)Nc2ccc(OCc3c(F)cccc3Cl)c(Cl)c2)CC1. The normalized spacial score (nSPS) is 15.8. The van der Waals surface area contributed by atoms with Crippen molar-refractivity contribution in [2.75, 3.05) is 5.32 Å². The molecular weight excluding hydrogens is 408 g/mol. The van der Waals surface area contributed by atoms with Gasteiger partial charge in [-0.1, -0.05) is 35.3 Å². The van der Waals surface area contributed by atoms with Crippen LogP contribution in [-0.2, 0) is 16.2 Å². The van der Waals surface area contributed by atoms with E-state index in [4.69, 9.17) is 33.0 Å². The van der Waals surface area contributed by atoms with E-state index in [1.54, 1.807) is 18.2 Å². The summed E-state index contributed by atoms with van der Waals surface area (Å²) < 4.78 is 19.3. The fourth-order valence-corrected chi connectivity index (χ4v) is 3.31. The first-order chi connectivity index (χ1) is 13.3. The zero-order valence-electron chi connectivity index (χ0n) is 14.5. The summed E-state index contributed by atoms with van der Waals surface area (Å²) in [7, 11) is 0. The van der Waals surface area contributed by atoms with Gasteiger partial charge in [-0.2, -0.15) is 0 Å². The van der Waals surface area contributed by atoms with Gasteiger partial charge in [0.05, 0.1) is 16.0 Å². The molecule has 5 nitrogen and oxygen atoms in total. The van der Waals surface area contributed by atoms with Crippen molar-refractivity contribution < 1.29 is 23.8 Å². The van der Waals surface area contributed by atoms with E-state index in [2.05, 4.69) is 5.32 Å². The van der Waals surface area contributed by atoms with Crippen LogP contribution in [-0.4, -0.2) is 17.0 Å². The molecular formula is C20H16Cl2FNO4. The molecule has 1 amide bonds. The van der Waals surface area contributed by atoms with Crippen molar-refractivity contribution in [2.24, 2.45) is 5.92 Å². The van der Waals surface area contributed by atoms with E-state index in [1.165, 1.54) is 24.3 Å². The first-order valence-corrected chi connectivity index (χ1v) is 9.21. The average molecular weight is 424 g/mol. The van der Waals surface area contributed by atoms with Gasteiger partial charge in [-0.25, -0.2) is 9.18 Å². The van der Waals surface area contributed by atoms with Gasteiger partial charge in [-0.05, 0) is 43.2 Å². The van der Waals surface area contributed by atoms with E-state index in [0.29, 0.717) is 24.3 Å². The molecule has 0 heterocycles. The van der Waals surface area contributed by atoms with Gasteiger partial charge >= 0.3 is 5.97 Å². The molecule has 2 aromatic rings. The molecule has 0 fully saturated rings. The lowest BCUT2D eigenvalue weighted by Crippen LogP contribution is -2.19. The Morgan fingerprint density at radius 2 is 2.00 bits per heavy atom. The van der Waals surface area contributed by atoms with Crippen molar-refractivity contribution >= 4 is 40.8 Å². The first-order valence-electron chi connectivity index (χ1n) is 8.45. The second-order valence-electron chi connectivity index (χ2n) is 6.27. The molecule has 0 radical (unpaired) electrons. The van der Waals surface area contributed by atoms with Crippen LogP contribution in [0.1, 0.15) is 18.4 Å². The minimum absolute atomic E-state index is 0.0955. The Morgan fingerprint density at radius 3 is 2.64 bits per heavy atom. The Hall–Kier alpha value is -2.57. The molecule has 28 heavy (non-hydrogen) atoms. The van der Waals surface area contributed by atoms with Crippen molar-refractivity contribution in [1.82, 2.24) is 0 Å². The number of halogens is 3. The number of benzene rings is 2. The number of carbonyl (C=O) groups is 2. The number of hydrogen-bond acceptors (Lipinski definition) is 3. The molecule has 0 spiro atoms. The molecule has 0 bridgehead atoms. The maximum absolute atomic E-state index is 13.8. The zero-order chi connectivity index (χ0) is 20.3. The maximum atomic E-state index is 13.8. The number of aliphatic carboxylic acids is 1. The minimum atomic E-state index is -1.00. The van der Waals surface area contributed by atoms with E-state index >= 15 is 0 Å². The molecule has 3 rings (SSSR count). The molecule has 0 aromatic heterocycles. The Labute approximate surface area is 170 Å². The van der Waals surface area contributed by atoms with Gasteiger partial charge in [0.25, 0.3) is 0 Å². The monoisotopic (exact) mass is 423 g/mol. The fourth-order valence-electron chi connectivity index (χ4n) is 2.86. The molecule has 1 aliphatic rings. The third-order valence-corrected chi connectivity index (χ3v) is 5.02. The third-order valence-electron chi connectivity index (χ3n) is 4.37. The number of nitrogens with one attached hydrogen (secondary N) is 1. The lowest BCUT2D eigenvalue weighted by atomic mass is 10.1. The van der Waals surface area contributed by atoms with Crippen molar-refractivity contribution in [3.8, 4) is 5.75 Å². The number of ether oxygens (including phenoxy) is 1. The van der Waals surface area contributed by atoms with Crippen LogP contribution in [0.4, 0.5) is 10.1 Å². The highest BCUT2D eigenvalue weighted by molar-refractivity contribution is 6.32. The smallest absolute Gasteiger partial charge is 0.331 e. The molecule has 8 heteroatoms. The molecule has 0 saturated carbocycles. The number of carboxylic acid groups (broad SMARTS) is 1. The van der Waals surface area contributed by atoms with Crippen LogP contribution in [0.15, 0.2) is 48.0 Å². The summed E-state index contributed by atoms with van der Waals surface area (Å²) >= 11 is 12.2. The van der Waals surface area contributed by atoms with E-state index in [-0.39, 0.29) is 33.7 Å². The zero-order valence-corrected chi connectivity index (χ0v) is 16.1. The van der Waals surface area contributed by atoms with Crippen molar-refractivity contribution in [3.05, 3.63) is 69.5 Å². The molecule has 146 valence electrons. The number of hydrogen-bond donors (Lipinski definition) is 2. The summed E-state index contributed by atoms with van der Waals surface area (Å²) in [5, 5.41) is 12.2. The molecule has 1 atom stereocenters. The molecule has 1 unspecified atom stereocenters. The van der Waals surface area contributed by atoms with Crippen LogP contribution in [0.5, 0.6) is 5.75 Å². The molecule has 2 N–H and O–H groups in total. The Bertz CT molecular complexity index is 941. The van der Waals surface area contributed by atoms with Crippen LogP contribution >= 0.6 is 23.2 Å². The topological polar surface area (TPSA) is 75.6 Å². The summed E-state index contributed by atoms with van der Waals surface area (Å²) in [6.45, 7) is -0.0955. The lowest BCUT2D eigenvalue weighted by Gasteiger charge is -2.13. The quantitative estimate of drug-likeness (QED) is 0.679. The van der Waals surface area contributed by atoms with E-state index < -0.39 is 17.7 Å². The second kappa shape index (κ2) is 8.63. The van der Waals surface area contributed by atoms with Crippen LogP contribution in [0.2, 0.25) is 10.0 Å². The molecule has 0 aliphatic heterocycles. The van der Waals surface area contributed by atoms with E-state index in [1.807, 2.05) is 0 Å². The standard InChI is InChI=1S/C20H16Cl2FNO4/c21-15-2-1-3-17(23)14(15)10-28-18-7-6-13(9-16(18)22)24-19(25)11-4-5-12(8-11)20(26)27/h1-3,6-9,11H,4-5,10H2,(H,24,25)(H,26,27). The Kier molecular flexibility index (Phi) is 6.21. The molecule has 2 aromatic carbocycles. The molecule has 0 saturated heterocycles. The van der Waals surface area contributed by atoms with Gasteiger partial charge in [0.1, 0.15) is 18.2 Å².